The molecule has 1 aliphatic heterocycles. The fraction of sp³-hybridized carbons (Fsp3) is 0.278. The van der Waals surface area contributed by atoms with E-state index in [0.717, 1.165) is 5.56 Å². The number of nitrogens with zero attached hydrogens (tertiary/aromatic N) is 1. The lowest BCUT2D eigenvalue weighted by Crippen LogP contribution is -2.37. The van der Waals surface area contributed by atoms with Gasteiger partial charge in [0.25, 0.3) is 0 Å². The van der Waals surface area contributed by atoms with Crippen LogP contribution >= 0.6 is 0 Å². The van der Waals surface area contributed by atoms with Gasteiger partial charge in [-0.2, -0.15) is 0 Å². The fourth-order valence-electron chi connectivity index (χ4n) is 2.95. The Bertz CT molecular complexity index is 856. The Morgan fingerprint density at radius 3 is 2.44 bits per heavy atom. The van der Waals surface area contributed by atoms with E-state index in [0.29, 0.717) is 13.0 Å². The summed E-state index contributed by atoms with van der Waals surface area (Å²) in [7, 11) is -3.36. The third kappa shape index (κ3) is 3.99. The number of urea groups is 1. The van der Waals surface area contributed by atoms with Crippen LogP contribution in [0.3, 0.4) is 0 Å². The van der Waals surface area contributed by atoms with Crippen molar-refractivity contribution in [3.63, 3.8) is 0 Å². The van der Waals surface area contributed by atoms with Crippen LogP contribution in [0.4, 0.5) is 14.9 Å². The molecule has 0 spiro atoms. The number of rotatable bonds is 2. The Balaban J connectivity index is 1.74. The average molecular weight is 362 g/mol. The Labute approximate surface area is 146 Å². The van der Waals surface area contributed by atoms with Gasteiger partial charge >= 0.3 is 6.03 Å². The van der Waals surface area contributed by atoms with Crippen molar-refractivity contribution in [2.24, 2.45) is 0 Å². The molecule has 0 unspecified atom stereocenters. The number of anilines is 1. The SMILES string of the molecule is O=C(Nc1ccccc1F)N1CC[C@H](c2ccccc2)S(=O)(=O)CC1. The van der Waals surface area contributed by atoms with Gasteiger partial charge in [0.15, 0.2) is 9.84 Å². The van der Waals surface area contributed by atoms with Crippen LogP contribution in [0.2, 0.25) is 0 Å². The summed E-state index contributed by atoms with van der Waals surface area (Å²) < 4.78 is 38.8. The molecule has 5 nitrogen and oxygen atoms in total. The van der Waals surface area contributed by atoms with Crippen molar-refractivity contribution in [2.45, 2.75) is 11.7 Å². The maximum atomic E-state index is 13.7. The summed E-state index contributed by atoms with van der Waals surface area (Å²) in [5, 5.41) is 1.88. The van der Waals surface area contributed by atoms with Gasteiger partial charge in [-0.1, -0.05) is 42.5 Å². The van der Waals surface area contributed by atoms with Crippen molar-refractivity contribution in [3.05, 3.63) is 66.0 Å². The normalized spacial score (nSPS) is 19.9. The van der Waals surface area contributed by atoms with E-state index in [4.69, 9.17) is 0 Å². The third-order valence-corrected chi connectivity index (χ3v) is 6.44. The molecule has 0 bridgehead atoms. The highest BCUT2D eigenvalue weighted by Gasteiger charge is 2.32. The minimum absolute atomic E-state index is 0.0826. The predicted octanol–water partition coefficient (Wildman–Crippen LogP) is 3.22. The number of amides is 2. The highest BCUT2D eigenvalue weighted by molar-refractivity contribution is 7.91. The van der Waals surface area contributed by atoms with Crippen LogP contribution in [0, 0.1) is 5.82 Å². The van der Waals surface area contributed by atoms with Crippen LogP contribution in [0.25, 0.3) is 0 Å². The number of nitrogens with one attached hydrogen (secondary N) is 1. The second-order valence-corrected chi connectivity index (χ2v) is 8.26. The van der Waals surface area contributed by atoms with Crippen molar-refractivity contribution in [3.8, 4) is 0 Å². The van der Waals surface area contributed by atoms with Crippen molar-refractivity contribution in [2.75, 3.05) is 24.2 Å². The first-order chi connectivity index (χ1) is 12.0. The van der Waals surface area contributed by atoms with E-state index in [9.17, 15) is 17.6 Å². The summed E-state index contributed by atoms with van der Waals surface area (Å²) in [5.74, 6) is -0.641. The summed E-state index contributed by atoms with van der Waals surface area (Å²) >= 11 is 0. The molecule has 132 valence electrons. The van der Waals surface area contributed by atoms with Crippen LogP contribution in [0.1, 0.15) is 17.2 Å². The van der Waals surface area contributed by atoms with E-state index < -0.39 is 26.9 Å². The molecule has 1 atom stereocenters. The molecule has 2 aromatic rings. The van der Waals surface area contributed by atoms with Crippen LogP contribution < -0.4 is 5.32 Å². The quantitative estimate of drug-likeness (QED) is 0.892. The second-order valence-electron chi connectivity index (χ2n) is 5.95. The van der Waals surface area contributed by atoms with Gasteiger partial charge in [0.05, 0.1) is 16.7 Å². The number of halogens is 1. The topological polar surface area (TPSA) is 66.5 Å². The minimum Gasteiger partial charge on any atom is -0.323 e. The van der Waals surface area contributed by atoms with Gasteiger partial charge in [0.1, 0.15) is 5.82 Å². The largest absolute Gasteiger partial charge is 0.323 e. The lowest BCUT2D eigenvalue weighted by atomic mass is 10.1. The van der Waals surface area contributed by atoms with Crippen LogP contribution in [-0.4, -0.2) is 38.2 Å². The molecule has 1 aliphatic rings. The Morgan fingerprint density at radius 2 is 1.72 bits per heavy atom. The lowest BCUT2D eigenvalue weighted by Gasteiger charge is -2.20. The van der Waals surface area contributed by atoms with E-state index in [1.54, 1.807) is 30.3 Å². The van der Waals surface area contributed by atoms with Gasteiger partial charge in [-0.15, -0.1) is 0 Å². The number of carbonyl (C=O) groups excluding carboxylic acids is 1. The van der Waals surface area contributed by atoms with E-state index >= 15 is 0 Å². The molecule has 2 aromatic carbocycles. The zero-order chi connectivity index (χ0) is 17.9. The molecular weight excluding hydrogens is 343 g/mol. The molecular formula is C18H19FN2O3S. The van der Waals surface area contributed by atoms with Gasteiger partial charge in [-0.05, 0) is 24.1 Å². The standard InChI is InChI=1S/C18H19FN2O3S/c19-15-8-4-5-9-16(15)20-18(22)21-11-10-17(25(23,24)13-12-21)14-6-2-1-3-7-14/h1-9,17H,10-13H2,(H,20,22)/t17-/m1/s1. The van der Waals surface area contributed by atoms with Crippen LogP contribution in [-0.2, 0) is 9.84 Å². The lowest BCUT2D eigenvalue weighted by molar-refractivity contribution is 0.215. The highest BCUT2D eigenvalue weighted by Crippen LogP contribution is 2.29. The van der Waals surface area contributed by atoms with Gasteiger partial charge in [0.2, 0.25) is 0 Å². The Kier molecular flexibility index (Phi) is 5.03. The smallest absolute Gasteiger partial charge is 0.321 e. The van der Waals surface area contributed by atoms with Crippen molar-refractivity contribution in [1.29, 1.82) is 0 Å². The zero-order valence-electron chi connectivity index (χ0n) is 13.6. The van der Waals surface area contributed by atoms with Gasteiger partial charge in [-0.25, -0.2) is 17.6 Å². The molecule has 0 aliphatic carbocycles. The van der Waals surface area contributed by atoms with Crippen LogP contribution in [0.5, 0.6) is 0 Å². The molecule has 1 saturated heterocycles. The molecule has 0 saturated carbocycles. The molecule has 1 heterocycles. The van der Waals surface area contributed by atoms with Gasteiger partial charge < -0.3 is 10.2 Å². The van der Waals surface area contributed by atoms with Crippen molar-refractivity contribution >= 4 is 21.6 Å². The highest BCUT2D eigenvalue weighted by atomic mass is 32.2. The van der Waals surface area contributed by atoms with Gasteiger partial charge in [-0.3, -0.25) is 0 Å². The number of para-hydroxylation sites is 1. The van der Waals surface area contributed by atoms with E-state index in [-0.39, 0.29) is 18.0 Å². The summed E-state index contributed by atoms with van der Waals surface area (Å²) in [6.07, 6.45) is 0.317. The van der Waals surface area contributed by atoms with E-state index in [1.165, 1.54) is 23.1 Å². The summed E-state index contributed by atoms with van der Waals surface area (Å²) in [6, 6.07) is 14.4. The predicted molar refractivity (Wildman–Crippen MR) is 94.6 cm³/mol. The van der Waals surface area contributed by atoms with Crippen LogP contribution in [0.15, 0.2) is 54.6 Å². The molecule has 1 fully saturated rings. The average Bonchev–Trinajstić information content (AvgIpc) is 2.76. The number of benzene rings is 2. The summed E-state index contributed by atoms with van der Waals surface area (Å²) in [5.41, 5.74) is 0.818. The molecule has 0 radical (unpaired) electrons. The molecule has 7 heteroatoms. The Morgan fingerprint density at radius 1 is 1.04 bits per heavy atom. The van der Waals surface area contributed by atoms with Crippen molar-refractivity contribution in [1.82, 2.24) is 4.90 Å². The number of carbonyl (C=O) groups is 1. The first kappa shape index (κ1) is 17.4. The summed E-state index contributed by atoms with van der Waals surface area (Å²) in [6.45, 7) is 0.380. The summed E-state index contributed by atoms with van der Waals surface area (Å²) in [4.78, 5) is 13.8. The molecule has 0 aromatic heterocycles. The molecule has 3 rings (SSSR count). The third-order valence-electron chi connectivity index (χ3n) is 4.31. The second kappa shape index (κ2) is 7.23. The zero-order valence-corrected chi connectivity index (χ0v) is 14.4. The number of hydrogen-bond donors (Lipinski definition) is 1. The molecule has 25 heavy (non-hydrogen) atoms. The monoisotopic (exact) mass is 362 g/mol. The maximum absolute atomic E-state index is 13.7. The minimum atomic E-state index is -3.36. The molecule has 1 N–H and O–H groups in total. The van der Waals surface area contributed by atoms with E-state index in [2.05, 4.69) is 5.32 Å². The first-order valence-electron chi connectivity index (χ1n) is 8.04. The first-order valence-corrected chi connectivity index (χ1v) is 9.76. The number of hydrogen-bond acceptors (Lipinski definition) is 3. The fourth-order valence-corrected chi connectivity index (χ4v) is 4.74. The number of sulfone groups is 1. The van der Waals surface area contributed by atoms with Crippen molar-refractivity contribution < 1.29 is 17.6 Å². The van der Waals surface area contributed by atoms with Gasteiger partial charge in [0, 0.05) is 13.1 Å². The Hall–Kier alpha value is -2.41. The molecule has 2 amide bonds. The van der Waals surface area contributed by atoms with E-state index in [1.807, 2.05) is 6.07 Å². The maximum Gasteiger partial charge on any atom is 0.321 e.